The summed E-state index contributed by atoms with van der Waals surface area (Å²) in [6, 6.07) is 0.475. The van der Waals surface area contributed by atoms with Gasteiger partial charge in [-0.15, -0.1) is 0 Å². The van der Waals surface area contributed by atoms with Crippen molar-refractivity contribution in [1.29, 1.82) is 0 Å². The van der Waals surface area contributed by atoms with E-state index in [1.165, 1.54) is 0 Å². The van der Waals surface area contributed by atoms with Gasteiger partial charge in [0.1, 0.15) is 0 Å². The lowest BCUT2D eigenvalue weighted by molar-refractivity contribution is -0.122. The molecule has 0 aromatic heterocycles. The van der Waals surface area contributed by atoms with E-state index >= 15 is 0 Å². The van der Waals surface area contributed by atoms with E-state index in [-0.39, 0.29) is 18.0 Å². The Bertz CT molecular complexity index is 180. The second-order valence-corrected chi connectivity index (χ2v) is 4.61. The van der Waals surface area contributed by atoms with Crippen molar-refractivity contribution >= 4 is 5.91 Å². The van der Waals surface area contributed by atoms with Gasteiger partial charge in [-0.1, -0.05) is 20.3 Å². The van der Waals surface area contributed by atoms with Crippen LogP contribution in [0.25, 0.3) is 0 Å². The lowest BCUT2D eigenvalue weighted by Gasteiger charge is -2.19. The fraction of sp³-hybridized carbons (Fsp3) is 0.917. The number of amides is 1. The molecule has 1 amide bonds. The molecule has 0 aliphatic heterocycles. The van der Waals surface area contributed by atoms with Gasteiger partial charge in [0, 0.05) is 18.5 Å². The molecule has 0 radical (unpaired) electrons. The highest BCUT2D eigenvalue weighted by molar-refractivity contribution is 5.76. The molecule has 0 bridgehead atoms. The first-order chi connectivity index (χ1) is 6.97. The van der Waals surface area contributed by atoms with Crippen molar-refractivity contribution in [3.63, 3.8) is 0 Å². The van der Waals surface area contributed by atoms with Gasteiger partial charge in [-0.2, -0.15) is 0 Å². The SMILES string of the molecule is CCC(C)C(C)NC(=O)CCCC(C)N. The summed E-state index contributed by atoms with van der Waals surface area (Å²) in [5, 5.41) is 3.02. The van der Waals surface area contributed by atoms with Gasteiger partial charge in [0.15, 0.2) is 0 Å². The number of hydrogen-bond acceptors (Lipinski definition) is 2. The van der Waals surface area contributed by atoms with E-state index in [1.807, 2.05) is 6.92 Å². The number of carbonyl (C=O) groups is 1. The molecule has 90 valence electrons. The largest absolute Gasteiger partial charge is 0.353 e. The van der Waals surface area contributed by atoms with E-state index in [9.17, 15) is 4.79 Å². The van der Waals surface area contributed by atoms with Gasteiger partial charge in [-0.05, 0) is 32.6 Å². The van der Waals surface area contributed by atoms with Crippen LogP contribution in [0.5, 0.6) is 0 Å². The maximum atomic E-state index is 11.5. The van der Waals surface area contributed by atoms with Gasteiger partial charge < -0.3 is 11.1 Å². The van der Waals surface area contributed by atoms with Crippen LogP contribution in [0, 0.1) is 5.92 Å². The minimum Gasteiger partial charge on any atom is -0.353 e. The fourth-order valence-electron chi connectivity index (χ4n) is 1.41. The molecule has 0 heterocycles. The smallest absolute Gasteiger partial charge is 0.220 e. The Morgan fingerprint density at radius 1 is 1.33 bits per heavy atom. The van der Waals surface area contributed by atoms with E-state index in [0.717, 1.165) is 19.3 Å². The van der Waals surface area contributed by atoms with Gasteiger partial charge in [0.25, 0.3) is 0 Å². The molecule has 0 aromatic carbocycles. The molecule has 0 saturated carbocycles. The third-order valence-electron chi connectivity index (χ3n) is 2.95. The summed E-state index contributed by atoms with van der Waals surface area (Å²) in [7, 11) is 0. The molecule has 15 heavy (non-hydrogen) atoms. The second kappa shape index (κ2) is 7.69. The summed E-state index contributed by atoms with van der Waals surface area (Å²) in [5.74, 6) is 0.700. The molecular weight excluding hydrogens is 188 g/mol. The van der Waals surface area contributed by atoms with Gasteiger partial charge >= 0.3 is 0 Å². The fourth-order valence-corrected chi connectivity index (χ4v) is 1.41. The molecule has 0 saturated heterocycles. The van der Waals surface area contributed by atoms with Crippen molar-refractivity contribution in [2.45, 2.75) is 65.5 Å². The first-order valence-corrected chi connectivity index (χ1v) is 6.02. The van der Waals surface area contributed by atoms with Crippen LogP contribution >= 0.6 is 0 Å². The van der Waals surface area contributed by atoms with Crippen molar-refractivity contribution in [3.8, 4) is 0 Å². The van der Waals surface area contributed by atoms with Gasteiger partial charge in [0.05, 0.1) is 0 Å². The minimum atomic E-state index is 0.156. The molecular formula is C12H26N2O. The summed E-state index contributed by atoms with van der Waals surface area (Å²) in [6.45, 7) is 8.34. The molecule has 3 heteroatoms. The molecule has 0 aliphatic carbocycles. The zero-order chi connectivity index (χ0) is 11.8. The number of carbonyl (C=O) groups excluding carboxylic acids is 1. The summed E-state index contributed by atoms with van der Waals surface area (Å²) < 4.78 is 0. The van der Waals surface area contributed by atoms with Crippen LogP contribution in [0.15, 0.2) is 0 Å². The summed E-state index contributed by atoms with van der Waals surface area (Å²) in [6.07, 6.45) is 3.51. The van der Waals surface area contributed by atoms with Crippen LogP contribution < -0.4 is 11.1 Å². The first kappa shape index (κ1) is 14.4. The summed E-state index contributed by atoms with van der Waals surface area (Å²) in [5.41, 5.74) is 5.62. The standard InChI is InChI=1S/C12H26N2O/c1-5-9(2)11(4)14-12(15)8-6-7-10(3)13/h9-11H,5-8,13H2,1-4H3,(H,14,15). The van der Waals surface area contributed by atoms with E-state index < -0.39 is 0 Å². The second-order valence-electron chi connectivity index (χ2n) is 4.61. The van der Waals surface area contributed by atoms with Crippen LogP contribution in [0.1, 0.15) is 53.4 Å². The highest BCUT2D eigenvalue weighted by atomic mass is 16.1. The van der Waals surface area contributed by atoms with Gasteiger partial charge in [-0.3, -0.25) is 4.79 Å². The summed E-state index contributed by atoms with van der Waals surface area (Å²) >= 11 is 0. The van der Waals surface area contributed by atoms with Crippen molar-refractivity contribution in [2.24, 2.45) is 11.7 Å². The molecule has 0 fully saturated rings. The number of nitrogens with one attached hydrogen (secondary N) is 1. The van der Waals surface area contributed by atoms with E-state index in [0.29, 0.717) is 12.3 Å². The summed E-state index contributed by atoms with van der Waals surface area (Å²) in [4.78, 5) is 11.5. The molecule has 0 rings (SSSR count). The molecule has 0 aromatic rings. The van der Waals surface area contributed by atoms with E-state index in [1.54, 1.807) is 0 Å². The van der Waals surface area contributed by atoms with E-state index in [4.69, 9.17) is 5.73 Å². The maximum absolute atomic E-state index is 11.5. The zero-order valence-corrected chi connectivity index (χ0v) is 10.5. The monoisotopic (exact) mass is 214 g/mol. The van der Waals surface area contributed by atoms with Gasteiger partial charge in [-0.25, -0.2) is 0 Å². The Morgan fingerprint density at radius 3 is 2.40 bits per heavy atom. The Balaban J connectivity index is 3.64. The van der Waals surface area contributed by atoms with Crippen LogP contribution in [0.4, 0.5) is 0 Å². The maximum Gasteiger partial charge on any atom is 0.220 e. The average molecular weight is 214 g/mol. The highest BCUT2D eigenvalue weighted by Crippen LogP contribution is 2.07. The van der Waals surface area contributed by atoms with Crippen molar-refractivity contribution in [3.05, 3.63) is 0 Å². The lowest BCUT2D eigenvalue weighted by atomic mass is 10.0. The number of rotatable bonds is 7. The Morgan fingerprint density at radius 2 is 1.93 bits per heavy atom. The lowest BCUT2D eigenvalue weighted by Crippen LogP contribution is -2.36. The van der Waals surface area contributed by atoms with Crippen LogP contribution in [0.3, 0.4) is 0 Å². The average Bonchev–Trinajstić information content (AvgIpc) is 2.15. The molecule has 3 nitrogen and oxygen atoms in total. The molecule has 3 unspecified atom stereocenters. The number of nitrogens with two attached hydrogens (primary N) is 1. The Kier molecular flexibility index (Phi) is 7.39. The molecule has 3 atom stereocenters. The van der Waals surface area contributed by atoms with Crippen molar-refractivity contribution < 1.29 is 4.79 Å². The number of hydrogen-bond donors (Lipinski definition) is 2. The minimum absolute atomic E-state index is 0.156. The van der Waals surface area contributed by atoms with Gasteiger partial charge in [0.2, 0.25) is 5.91 Å². The topological polar surface area (TPSA) is 55.1 Å². The third kappa shape index (κ3) is 7.37. The van der Waals surface area contributed by atoms with Crippen LogP contribution in [-0.2, 0) is 4.79 Å². The van der Waals surface area contributed by atoms with E-state index in [2.05, 4.69) is 26.1 Å². The first-order valence-electron chi connectivity index (χ1n) is 6.02. The van der Waals surface area contributed by atoms with Crippen LogP contribution in [0.2, 0.25) is 0 Å². The zero-order valence-electron chi connectivity index (χ0n) is 10.5. The molecule has 0 aliphatic rings. The van der Waals surface area contributed by atoms with Crippen LogP contribution in [-0.4, -0.2) is 18.0 Å². The van der Waals surface area contributed by atoms with Crippen molar-refractivity contribution in [2.75, 3.05) is 0 Å². The van der Waals surface area contributed by atoms with Crippen molar-refractivity contribution in [1.82, 2.24) is 5.32 Å². The molecule has 0 spiro atoms. The normalized spacial score (nSPS) is 16.9. The predicted octanol–water partition coefficient (Wildman–Crippen LogP) is 2.05. The molecule has 3 N–H and O–H groups in total. The quantitative estimate of drug-likeness (QED) is 0.681. The Labute approximate surface area is 93.8 Å². The predicted molar refractivity (Wildman–Crippen MR) is 64.6 cm³/mol. The third-order valence-corrected chi connectivity index (χ3v) is 2.95. The Hall–Kier alpha value is -0.570. The highest BCUT2D eigenvalue weighted by Gasteiger charge is 2.12.